The van der Waals surface area contributed by atoms with Gasteiger partial charge in [-0.2, -0.15) is 0 Å². The van der Waals surface area contributed by atoms with Gasteiger partial charge in [0.05, 0.1) is 21.9 Å². The molecule has 3 amide bonds. The molecule has 0 aromatic carbocycles. The first-order valence-corrected chi connectivity index (χ1v) is 10.1. The molecule has 2 heterocycles. The minimum Gasteiger partial charge on any atom is -0.453 e. The van der Waals surface area contributed by atoms with Crippen molar-refractivity contribution in [1.82, 2.24) is 5.32 Å². The fraction of sp³-hybridized carbons (Fsp3) is 0.353. The number of alkyl carbamates (subject to hydrolysis) is 1. The highest BCUT2D eigenvalue weighted by Gasteiger charge is 2.27. The molecule has 0 fully saturated rings. The number of anilines is 1. The Morgan fingerprint density at radius 1 is 1.08 bits per heavy atom. The van der Waals surface area contributed by atoms with Crippen molar-refractivity contribution < 1.29 is 19.1 Å². The summed E-state index contributed by atoms with van der Waals surface area (Å²) < 4.78 is 5.03. The molecule has 1 aliphatic rings. The SMILES string of the molecule is COC(=O)NC(=O)c1c(NC(=O)c2ccc(Cl)s2)sc2c1CCCCC2. The summed E-state index contributed by atoms with van der Waals surface area (Å²) in [5, 5.41) is 5.46. The number of hydrogen-bond acceptors (Lipinski definition) is 6. The minimum absolute atomic E-state index is 0.328. The van der Waals surface area contributed by atoms with E-state index in [4.69, 9.17) is 11.6 Å². The van der Waals surface area contributed by atoms with Gasteiger partial charge in [-0.15, -0.1) is 22.7 Å². The summed E-state index contributed by atoms with van der Waals surface area (Å²) in [5.74, 6) is -0.888. The summed E-state index contributed by atoms with van der Waals surface area (Å²) in [4.78, 5) is 38.1. The van der Waals surface area contributed by atoms with Crippen LogP contribution in [0, 0.1) is 0 Å². The van der Waals surface area contributed by atoms with E-state index in [9.17, 15) is 14.4 Å². The average Bonchev–Trinajstić information content (AvgIpc) is 3.11. The molecule has 3 rings (SSSR count). The molecule has 2 aromatic heterocycles. The number of thiophene rings is 2. The van der Waals surface area contributed by atoms with Crippen LogP contribution in [0.5, 0.6) is 0 Å². The second-order valence-corrected chi connectivity index (χ2v) is 8.59. The van der Waals surface area contributed by atoms with E-state index >= 15 is 0 Å². The number of halogens is 1. The van der Waals surface area contributed by atoms with E-state index in [1.54, 1.807) is 12.1 Å². The zero-order valence-electron chi connectivity index (χ0n) is 14.0. The first-order valence-electron chi connectivity index (χ1n) is 8.10. The molecule has 6 nitrogen and oxygen atoms in total. The molecule has 0 saturated heterocycles. The van der Waals surface area contributed by atoms with E-state index in [-0.39, 0.29) is 5.91 Å². The van der Waals surface area contributed by atoms with Crippen molar-refractivity contribution in [2.24, 2.45) is 0 Å². The Bertz CT molecular complexity index is 859. The van der Waals surface area contributed by atoms with Crippen molar-refractivity contribution in [3.05, 3.63) is 37.4 Å². The number of fused-ring (bicyclic) bond motifs is 1. The van der Waals surface area contributed by atoms with Crippen LogP contribution in [-0.2, 0) is 17.6 Å². The highest BCUT2D eigenvalue weighted by molar-refractivity contribution is 7.18. The lowest BCUT2D eigenvalue weighted by molar-refractivity contribution is 0.0937. The summed E-state index contributed by atoms with van der Waals surface area (Å²) in [6, 6.07) is 3.28. The summed E-state index contributed by atoms with van der Waals surface area (Å²) in [6.07, 6.45) is 3.88. The molecule has 0 bridgehead atoms. The average molecular weight is 413 g/mol. The number of methoxy groups -OCH3 is 1. The molecule has 0 unspecified atom stereocenters. The second-order valence-electron chi connectivity index (χ2n) is 5.77. The predicted molar refractivity (Wildman–Crippen MR) is 103 cm³/mol. The van der Waals surface area contributed by atoms with Crippen LogP contribution in [0.25, 0.3) is 0 Å². The van der Waals surface area contributed by atoms with Crippen molar-refractivity contribution in [1.29, 1.82) is 0 Å². The molecule has 138 valence electrons. The van der Waals surface area contributed by atoms with Crippen LogP contribution in [0.3, 0.4) is 0 Å². The maximum absolute atomic E-state index is 12.6. The molecule has 0 radical (unpaired) electrons. The molecule has 1 aliphatic carbocycles. The molecule has 0 atom stereocenters. The largest absolute Gasteiger partial charge is 0.453 e. The van der Waals surface area contributed by atoms with Crippen molar-refractivity contribution in [2.45, 2.75) is 32.1 Å². The first kappa shape index (κ1) is 18.9. The van der Waals surface area contributed by atoms with Crippen LogP contribution in [0.4, 0.5) is 9.80 Å². The normalized spacial score (nSPS) is 13.5. The van der Waals surface area contributed by atoms with Crippen molar-refractivity contribution in [3.63, 3.8) is 0 Å². The number of carbonyl (C=O) groups excluding carboxylic acids is 3. The third kappa shape index (κ3) is 4.08. The zero-order chi connectivity index (χ0) is 18.7. The van der Waals surface area contributed by atoms with Gasteiger partial charge in [-0.05, 0) is 43.4 Å². The Morgan fingerprint density at radius 2 is 1.85 bits per heavy atom. The standard InChI is InChI=1S/C17H17ClN2O4S2/c1-24-17(23)20-15(22)13-9-5-3-2-4-6-10(9)26-16(13)19-14(21)11-7-8-12(18)25-11/h7-8H,2-6H2,1H3,(H,19,21)(H,20,22,23). The number of amides is 3. The lowest BCUT2D eigenvalue weighted by atomic mass is 10.0. The number of ether oxygens (including phenoxy) is 1. The quantitative estimate of drug-likeness (QED) is 0.728. The maximum Gasteiger partial charge on any atom is 0.413 e. The van der Waals surface area contributed by atoms with Gasteiger partial charge in [0, 0.05) is 4.88 Å². The first-order chi connectivity index (χ1) is 12.5. The number of nitrogens with one attached hydrogen (secondary N) is 2. The van der Waals surface area contributed by atoms with E-state index < -0.39 is 12.0 Å². The van der Waals surface area contributed by atoms with Crippen molar-refractivity contribution in [3.8, 4) is 0 Å². The maximum atomic E-state index is 12.6. The van der Waals surface area contributed by atoms with Gasteiger partial charge in [0.2, 0.25) is 0 Å². The van der Waals surface area contributed by atoms with Gasteiger partial charge >= 0.3 is 6.09 Å². The van der Waals surface area contributed by atoms with Gasteiger partial charge in [-0.3, -0.25) is 14.9 Å². The molecular weight excluding hydrogens is 396 g/mol. The minimum atomic E-state index is -0.828. The van der Waals surface area contributed by atoms with Crippen LogP contribution in [0.15, 0.2) is 12.1 Å². The highest BCUT2D eigenvalue weighted by atomic mass is 35.5. The van der Waals surface area contributed by atoms with Crippen LogP contribution >= 0.6 is 34.3 Å². The Morgan fingerprint density at radius 3 is 2.54 bits per heavy atom. The van der Waals surface area contributed by atoms with Gasteiger partial charge in [0.15, 0.2) is 0 Å². The van der Waals surface area contributed by atoms with Gasteiger partial charge in [-0.25, -0.2) is 4.79 Å². The lowest BCUT2D eigenvalue weighted by Crippen LogP contribution is -2.31. The Hall–Kier alpha value is -1.90. The summed E-state index contributed by atoms with van der Waals surface area (Å²) in [5.41, 5.74) is 1.27. The van der Waals surface area contributed by atoms with Crippen molar-refractivity contribution in [2.75, 3.05) is 12.4 Å². The fourth-order valence-corrected chi connectivity index (χ4v) is 5.10. The van der Waals surface area contributed by atoms with Gasteiger partial charge in [0.1, 0.15) is 5.00 Å². The highest BCUT2D eigenvalue weighted by Crippen LogP contribution is 2.38. The lowest BCUT2D eigenvalue weighted by Gasteiger charge is -2.08. The van der Waals surface area contributed by atoms with E-state index in [0.29, 0.717) is 19.8 Å². The smallest absolute Gasteiger partial charge is 0.413 e. The summed E-state index contributed by atoms with van der Waals surface area (Å²) in [7, 11) is 1.19. The molecule has 0 spiro atoms. The monoisotopic (exact) mass is 412 g/mol. The molecule has 2 aromatic rings. The van der Waals surface area contributed by atoms with E-state index in [1.807, 2.05) is 0 Å². The van der Waals surface area contributed by atoms with Crippen LogP contribution < -0.4 is 10.6 Å². The van der Waals surface area contributed by atoms with E-state index in [2.05, 4.69) is 15.4 Å². The number of aryl methyl sites for hydroxylation is 1. The fourth-order valence-electron chi connectivity index (χ4n) is 2.88. The van der Waals surface area contributed by atoms with Crippen molar-refractivity contribution >= 4 is 57.2 Å². The number of imide groups is 1. The number of hydrogen-bond donors (Lipinski definition) is 2. The molecule has 0 aliphatic heterocycles. The Balaban J connectivity index is 1.94. The molecule has 26 heavy (non-hydrogen) atoms. The third-order valence-electron chi connectivity index (χ3n) is 4.07. The van der Waals surface area contributed by atoms with E-state index in [0.717, 1.165) is 42.5 Å². The third-order valence-corrected chi connectivity index (χ3v) is 6.51. The van der Waals surface area contributed by atoms with Gasteiger partial charge in [-0.1, -0.05) is 18.0 Å². The predicted octanol–water partition coefficient (Wildman–Crippen LogP) is 4.48. The van der Waals surface area contributed by atoms with Gasteiger partial charge < -0.3 is 10.1 Å². The molecule has 9 heteroatoms. The summed E-state index contributed by atoms with van der Waals surface area (Å²) in [6.45, 7) is 0. The van der Waals surface area contributed by atoms with Crippen LogP contribution in [-0.4, -0.2) is 25.0 Å². The second kappa shape index (κ2) is 8.20. The zero-order valence-corrected chi connectivity index (χ0v) is 16.4. The number of rotatable bonds is 3. The Kier molecular flexibility index (Phi) is 5.95. The van der Waals surface area contributed by atoms with Gasteiger partial charge in [0.25, 0.3) is 11.8 Å². The Labute approximate surface area is 163 Å². The molecular formula is C17H17ClN2O4S2. The van der Waals surface area contributed by atoms with Crippen LogP contribution in [0.2, 0.25) is 4.34 Å². The summed E-state index contributed by atoms with van der Waals surface area (Å²) >= 11 is 8.45. The van der Waals surface area contributed by atoms with E-state index in [1.165, 1.54) is 29.8 Å². The van der Waals surface area contributed by atoms with Crippen LogP contribution in [0.1, 0.15) is 49.7 Å². The topological polar surface area (TPSA) is 84.5 Å². The molecule has 2 N–H and O–H groups in total. The number of carbonyl (C=O) groups is 3. The molecule has 0 saturated carbocycles.